The summed E-state index contributed by atoms with van der Waals surface area (Å²) in [5.74, 6) is 0.886. The first-order valence-electron chi connectivity index (χ1n) is 10.8. The summed E-state index contributed by atoms with van der Waals surface area (Å²) in [6.45, 7) is 1.78. The van der Waals surface area contributed by atoms with Crippen molar-refractivity contribution in [3.63, 3.8) is 0 Å². The smallest absolute Gasteiger partial charge is 0.266 e. The third kappa shape index (κ3) is 5.36. The maximum absolute atomic E-state index is 13.2. The highest BCUT2D eigenvalue weighted by molar-refractivity contribution is 7.99. The number of aromatic nitrogens is 2. The summed E-state index contributed by atoms with van der Waals surface area (Å²) in [6.07, 6.45) is 0. The number of hydrogen-bond donors (Lipinski definition) is 1. The molecule has 178 valence electrons. The number of para-hydroxylation sites is 2. The van der Waals surface area contributed by atoms with Crippen molar-refractivity contribution in [2.75, 3.05) is 20.0 Å². The average Bonchev–Trinajstić information content (AvgIpc) is 2.90. The van der Waals surface area contributed by atoms with E-state index in [4.69, 9.17) is 9.47 Å². The molecule has 0 saturated heterocycles. The number of fused-ring (bicyclic) bond motifs is 1. The summed E-state index contributed by atoms with van der Waals surface area (Å²) in [5.41, 5.74) is 5.03. The molecule has 0 unspecified atom stereocenters. The van der Waals surface area contributed by atoms with Crippen molar-refractivity contribution in [1.82, 2.24) is 15.0 Å². The predicted molar refractivity (Wildman–Crippen MR) is 138 cm³/mol. The Bertz CT molecular complexity index is 1450. The van der Waals surface area contributed by atoms with Gasteiger partial charge in [-0.15, -0.1) is 0 Å². The number of ether oxygens (including phenoxy) is 2. The fraction of sp³-hybridized carbons (Fsp3) is 0.154. The molecule has 0 fully saturated rings. The number of hydrazone groups is 1. The number of carbonyl (C=O) groups excluding carboxylic acids is 1. The van der Waals surface area contributed by atoms with Crippen LogP contribution in [-0.2, 0) is 4.79 Å². The number of methoxy groups -OCH3 is 2. The van der Waals surface area contributed by atoms with E-state index in [1.54, 1.807) is 51.5 Å². The molecule has 35 heavy (non-hydrogen) atoms. The second kappa shape index (κ2) is 10.9. The van der Waals surface area contributed by atoms with Crippen LogP contribution in [0.3, 0.4) is 0 Å². The van der Waals surface area contributed by atoms with Gasteiger partial charge < -0.3 is 9.47 Å². The molecular weight excluding hydrogens is 464 g/mol. The highest BCUT2D eigenvalue weighted by Crippen LogP contribution is 2.27. The quantitative estimate of drug-likeness (QED) is 0.174. The first-order chi connectivity index (χ1) is 17.0. The number of nitrogens with zero attached hydrogens (tertiary/aromatic N) is 3. The monoisotopic (exact) mass is 488 g/mol. The van der Waals surface area contributed by atoms with E-state index in [2.05, 4.69) is 15.5 Å². The minimum atomic E-state index is -0.322. The number of thioether (sulfide) groups is 1. The van der Waals surface area contributed by atoms with E-state index in [1.807, 2.05) is 42.5 Å². The maximum atomic E-state index is 13.2. The van der Waals surface area contributed by atoms with Crippen molar-refractivity contribution in [3.05, 3.63) is 88.7 Å². The van der Waals surface area contributed by atoms with Crippen LogP contribution in [0.5, 0.6) is 11.5 Å². The number of rotatable bonds is 8. The molecule has 9 heteroatoms. The first-order valence-corrected chi connectivity index (χ1v) is 11.8. The highest BCUT2D eigenvalue weighted by atomic mass is 32.2. The van der Waals surface area contributed by atoms with Gasteiger partial charge in [-0.2, -0.15) is 5.10 Å². The first kappa shape index (κ1) is 24.0. The Morgan fingerprint density at radius 2 is 1.71 bits per heavy atom. The molecule has 1 aromatic heterocycles. The molecule has 8 nitrogen and oxygen atoms in total. The zero-order valence-electron chi connectivity index (χ0n) is 19.5. The summed E-state index contributed by atoms with van der Waals surface area (Å²) in [5, 5.41) is 5.14. The molecule has 0 bridgehead atoms. The number of benzene rings is 3. The largest absolute Gasteiger partial charge is 0.493 e. The molecular formula is C26H24N4O4S. The standard InChI is InChI=1S/C26H24N4O4S/c1-17(18-13-14-22(33-2)23(15-18)34-3)28-29-24(31)16-35-26-27-21-12-8-7-11-20(21)25(32)30(26)19-9-5-4-6-10-19/h4-15H,16H2,1-3H3,(H,29,31)/b28-17+. The number of amides is 1. The van der Waals surface area contributed by atoms with E-state index < -0.39 is 0 Å². The number of hydrogen-bond acceptors (Lipinski definition) is 7. The normalized spacial score (nSPS) is 11.3. The van der Waals surface area contributed by atoms with Crippen LogP contribution in [0.25, 0.3) is 16.6 Å². The lowest BCUT2D eigenvalue weighted by atomic mass is 10.1. The molecule has 0 radical (unpaired) electrons. The van der Waals surface area contributed by atoms with Crippen molar-refractivity contribution >= 4 is 34.3 Å². The minimum absolute atomic E-state index is 0.0281. The Hall–Kier alpha value is -4.11. The SMILES string of the molecule is COc1ccc(/C(C)=N/NC(=O)CSc2nc3ccccc3c(=O)n2-c2ccccc2)cc1OC. The van der Waals surface area contributed by atoms with E-state index in [1.165, 1.54) is 16.3 Å². The van der Waals surface area contributed by atoms with E-state index in [9.17, 15) is 9.59 Å². The molecule has 1 heterocycles. The topological polar surface area (TPSA) is 94.8 Å². The van der Waals surface area contributed by atoms with Crippen LogP contribution in [0.15, 0.2) is 87.8 Å². The average molecular weight is 489 g/mol. The molecule has 0 aliphatic carbocycles. The van der Waals surface area contributed by atoms with Gasteiger partial charge in [0, 0.05) is 5.56 Å². The van der Waals surface area contributed by atoms with Crippen LogP contribution in [-0.4, -0.2) is 41.1 Å². The molecule has 3 aromatic carbocycles. The van der Waals surface area contributed by atoms with E-state index in [0.29, 0.717) is 39.0 Å². The molecule has 0 saturated carbocycles. The third-order valence-corrected chi connectivity index (χ3v) is 6.18. The third-order valence-electron chi connectivity index (χ3n) is 5.24. The van der Waals surface area contributed by atoms with Crippen molar-refractivity contribution in [1.29, 1.82) is 0 Å². The van der Waals surface area contributed by atoms with Crippen LogP contribution < -0.4 is 20.5 Å². The fourth-order valence-electron chi connectivity index (χ4n) is 3.45. The van der Waals surface area contributed by atoms with Gasteiger partial charge in [0.2, 0.25) is 0 Å². The maximum Gasteiger partial charge on any atom is 0.266 e. The molecule has 4 rings (SSSR count). The molecule has 0 atom stereocenters. The predicted octanol–water partition coefficient (Wildman–Crippen LogP) is 4.04. The van der Waals surface area contributed by atoms with Gasteiger partial charge in [0.25, 0.3) is 11.5 Å². The van der Waals surface area contributed by atoms with Gasteiger partial charge in [-0.3, -0.25) is 14.2 Å². The Labute approximate surface area is 206 Å². The molecule has 0 aliphatic rings. The number of carbonyl (C=O) groups is 1. The van der Waals surface area contributed by atoms with Gasteiger partial charge in [-0.25, -0.2) is 10.4 Å². The van der Waals surface area contributed by atoms with Crippen molar-refractivity contribution in [2.45, 2.75) is 12.1 Å². The van der Waals surface area contributed by atoms with Gasteiger partial charge in [0.15, 0.2) is 16.7 Å². The second-order valence-electron chi connectivity index (χ2n) is 7.48. The zero-order valence-corrected chi connectivity index (χ0v) is 20.3. The summed E-state index contributed by atoms with van der Waals surface area (Å²) in [7, 11) is 3.13. The van der Waals surface area contributed by atoms with Crippen molar-refractivity contribution in [2.24, 2.45) is 5.10 Å². The summed E-state index contributed by atoms with van der Waals surface area (Å²) in [4.78, 5) is 30.5. The minimum Gasteiger partial charge on any atom is -0.493 e. The lowest BCUT2D eigenvalue weighted by molar-refractivity contribution is -0.118. The van der Waals surface area contributed by atoms with Crippen LogP contribution in [0.2, 0.25) is 0 Å². The molecule has 0 aliphatic heterocycles. The number of nitrogens with one attached hydrogen (secondary N) is 1. The van der Waals surface area contributed by atoms with E-state index >= 15 is 0 Å². The van der Waals surface area contributed by atoms with E-state index in [-0.39, 0.29) is 17.2 Å². The van der Waals surface area contributed by atoms with Gasteiger partial charge in [0.1, 0.15) is 0 Å². The lowest BCUT2D eigenvalue weighted by Crippen LogP contribution is -2.24. The lowest BCUT2D eigenvalue weighted by Gasteiger charge is -2.13. The summed E-state index contributed by atoms with van der Waals surface area (Å²) < 4.78 is 12.1. The molecule has 0 spiro atoms. The van der Waals surface area contributed by atoms with E-state index in [0.717, 1.165) is 5.56 Å². The molecule has 1 N–H and O–H groups in total. The molecule has 4 aromatic rings. The van der Waals surface area contributed by atoms with Crippen LogP contribution in [0.1, 0.15) is 12.5 Å². The van der Waals surface area contributed by atoms with Gasteiger partial charge >= 0.3 is 0 Å². The summed E-state index contributed by atoms with van der Waals surface area (Å²) in [6, 6.07) is 21.8. The van der Waals surface area contributed by atoms with Gasteiger partial charge in [-0.1, -0.05) is 42.1 Å². The molecule has 1 amide bonds. The van der Waals surface area contributed by atoms with Crippen LogP contribution in [0, 0.1) is 0 Å². The van der Waals surface area contributed by atoms with Crippen LogP contribution >= 0.6 is 11.8 Å². The highest BCUT2D eigenvalue weighted by Gasteiger charge is 2.15. The van der Waals surface area contributed by atoms with Crippen molar-refractivity contribution < 1.29 is 14.3 Å². The fourth-order valence-corrected chi connectivity index (χ4v) is 4.25. The second-order valence-corrected chi connectivity index (χ2v) is 8.42. The zero-order chi connectivity index (χ0) is 24.8. The van der Waals surface area contributed by atoms with Crippen LogP contribution in [0.4, 0.5) is 0 Å². The van der Waals surface area contributed by atoms with Crippen molar-refractivity contribution in [3.8, 4) is 17.2 Å². The summed E-state index contributed by atoms with van der Waals surface area (Å²) >= 11 is 1.17. The Morgan fingerprint density at radius 1 is 1.00 bits per heavy atom. The van der Waals surface area contributed by atoms with Gasteiger partial charge in [0.05, 0.1) is 42.3 Å². The van der Waals surface area contributed by atoms with Gasteiger partial charge in [-0.05, 0) is 49.4 Å². The Balaban J connectivity index is 1.53. The Morgan fingerprint density at radius 3 is 2.46 bits per heavy atom. The Kier molecular flexibility index (Phi) is 7.47.